The monoisotopic (exact) mass is 343 g/mol. The highest BCUT2D eigenvalue weighted by Gasteiger charge is 2.13. The molecule has 19 heavy (non-hydrogen) atoms. The van der Waals surface area contributed by atoms with E-state index >= 15 is 0 Å². The van der Waals surface area contributed by atoms with Gasteiger partial charge in [0.15, 0.2) is 0 Å². The van der Waals surface area contributed by atoms with Gasteiger partial charge in [-0.05, 0) is 45.6 Å². The molecule has 0 aliphatic carbocycles. The van der Waals surface area contributed by atoms with Gasteiger partial charge in [0.1, 0.15) is 5.82 Å². The van der Waals surface area contributed by atoms with Gasteiger partial charge in [-0.2, -0.15) is 0 Å². The molecule has 0 aliphatic rings. The fourth-order valence-corrected chi connectivity index (χ4v) is 3.01. The lowest BCUT2D eigenvalue weighted by Gasteiger charge is -2.10. The van der Waals surface area contributed by atoms with Crippen molar-refractivity contribution in [1.82, 2.24) is 0 Å². The van der Waals surface area contributed by atoms with Crippen molar-refractivity contribution in [3.63, 3.8) is 0 Å². The van der Waals surface area contributed by atoms with E-state index in [1.54, 1.807) is 11.3 Å². The minimum absolute atomic E-state index is 0.316. The van der Waals surface area contributed by atoms with Gasteiger partial charge in [0.05, 0.1) is 24.9 Å². The number of nitrogens with one attached hydrogen (secondary N) is 1. The van der Waals surface area contributed by atoms with Crippen LogP contribution in [0.2, 0.25) is 0 Å². The van der Waals surface area contributed by atoms with Crippen molar-refractivity contribution >= 4 is 38.9 Å². The Bertz CT molecular complexity index is 600. The standard InChI is InChI=1S/C13H11BrFNO2S/c1-18-13(17)9-3-2-8(15)6-11(9)16-7-12-10(14)4-5-19-12/h2-6,16H,7H2,1H3. The topological polar surface area (TPSA) is 38.3 Å². The third-order valence-corrected chi connectivity index (χ3v) is 4.44. The average molecular weight is 344 g/mol. The van der Waals surface area contributed by atoms with Crippen LogP contribution in [0.15, 0.2) is 34.1 Å². The normalized spacial score (nSPS) is 10.3. The molecule has 0 bridgehead atoms. The fourth-order valence-electron chi connectivity index (χ4n) is 1.58. The maximum absolute atomic E-state index is 13.3. The number of carbonyl (C=O) groups excluding carboxylic acids is 1. The van der Waals surface area contributed by atoms with E-state index in [2.05, 4.69) is 26.0 Å². The smallest absolute Gasteiger partial charge is 0.339 e. The first-order chi connectivity index (χ1) is 9.11. The Balaban J connectivity index is 2.21. The molecule has 6 heteroatoms. The quantitative estimate of drug-likeness (QED) is 0.851. The third kappa shape index (κ3) is 3.33. The van der Waals surface area contributed by atoms with Crippen LogP contribution in [-0.2, 0) is 11.3 Å². The Labute approximate surface area is 122 Å². The molecule has 0 aliphatic heterocycles. The summed E-state index contributed by atoms with van der Waals surface area (Å²) in [5.74, 6) is -0.895. The van der Waals surface area contributed by atoms with E-state index in [0.29, 0.717) is 17.8 Å². The molecule has 2 rings (SSSR count). The molecular weight excluding hydrogens is 333 g/mol. The van der Waals surface area contributed by atoms with Gasteiger partial charge in [-0.3, -0.25) is 0 Å². The highest BCUT2D eigenvalue weighted by Crippen LogP contribution is 2.25. The van der Waals surface area contributed by atoms with Crippen molar-refractivity contribution in [2.45, 2.75) is 6.54 Å². The summed E-state index contributed by atoms with van der Waals surface area (Å²) in [4.78, 5) is 12.7. The summed E-state index contributed by atoms with van der Waals surface area (Å²) in [6.07, 6.45) is 0. The van der Waals surface area contributed by atoms with Gasteiger partial charge in [-0.25, -0.2) is 9.18 Å². The number of esters is 1. The van der Waals surface area contributed by atoms with Gasteiger partial charge in [0.25, 0.3) is 0 Å². The van der Waals surface area contributed by atoms with E-state index in [1.807, 2.05) is 11.4 Å². The minimum Gasteiger partial charge on any atom is -0.465 e. The molecule has 1 aromatic heterocycles. The molecule has 2 aromatic rings. The van der Waals surface area contributed by atoms with Gasteiger partial charge in [0.2, 0.25) is 0 Å². The van der Waals surface area contributed by atoms with E-state index in [9.17, 15) is 9.18 Å². The summed E-state index contributed by atoms with van der Waals surface area (Å²) >= 11 is 4.99. The molecule has 0 saturated carbocycles. The highest BCUT2D eigenvalue weighted by molar-refractivity contribution is 9.10. The summed E-state index contributed by atoms with van der Waals surface area (Å²) in [7, 11) is 1.30. The van der Waals surface area contributed by atoms with Gasteiger partial charge in [-0.15, -0.1) is 11.3 Å². The number of benzene rings is 1. The molecule has 3 nitrogen and oxygen atoms in total. The maximum atomic E-state index is 13.3. The number of methoxy groups -OCH3 is 1. The Morgan fingerprint density at radius 3 is 2.89 bits per heavy atom. The van der Waals surface area contributed by atoms with Crippen LogP contribution < -0.4 is 5.32 Å². The zero-order chi connectivity index (χ0) is 13.8. The summed E-state index contributed by atoms with van der Waals surface area (Å²) in [6.45, 7) is 0.506. The Morgan fingerprint density at radius 1 is 1.47 bits per heavy atom. The van der Waals surface area contributed by atoms with Crippen LogP contribution >= 0.6 is 27.3 Å². The summed E-state index contributed by atoms with van der Waals surface area (Å²) in [6, 6.07) is 5.87. The lowest BCUT2D eigenvalue weighted by Crippen LogP contribution is -2.08. The second kappa shape index (κ2) is 6.16. The number of hydrogen-bond acceptors (Lipinski definition) is 4. The van der Waals surface area contributed by atoms with Crippen LogP contribution in [-0.4, -0.2) is 13.1 Å². The lowest BCUT2D eigenvalue weighted by atomic mass is 10.1. The summed E-state index contributed by atoms with van der Waals surface area (Å²) in [5, 5.41) is 5.00. The maximum Gasteiger partial charge on any atom is 0.339 e. The van der Waals surface area contributed by atoms with E-state index in [1.165, 1.54) is 25.3 Å². The van der Waals surface area contributed by atoms with E-state index < -0.39 is 11.8 Å². The van der Waals surface area contributed by atoms with Crippen LogP contribution in [0.3, 0.4) is 0 Å². The van der Waals surface area contributed by atoms with Crippen LogP contribution in [0.5, 0.6) is 0 Å². The van der Waals surface area contributed by atoms with Crippen molar-refractivity contribution in [2.75, 3.05) is 12.4 Å². The molecule has 0 spiro atoms. The lowest BCUT2D eigenvalue weighted by molar-refractivity contribution is 0.0602. The number of ether oxygens (including phenoxy) is 1. The first kappa shape index (κ1) is 14.0. The minimum atomic E-state index is -0.493. The predicted molar refractivity (Wildman–Crippen MR) is 77.1 cm³/mol. The first-order valence-electron chi connectivity index (χ1n) is 5.45. The molecule has 0 saturated heterocycles. The second-order valence-electron chi connectivity index (χ2n) is 3.73. The number of rotatable bonds is 4. The largest absolute Gasteiger partial charge is 0.465 e. The molecule has 0 radical (unpaired) electrons. The van der Waals surface area contributed by atoms with Gasteiger partial charge < -0.3 is 10.1 Å². The molecule has 0 unspecified atom stereocenters. The van der Waals surface area contributed by atoms with Crippen molar-refractivity contribution in [1.29, 1.82) is 0 Å². The number of carbonyl (C=O) groups is 1. The number of thiophene rings is 1. The SMILES string of the molecule is COC(=O)c1ccc(F)cc1NCc1sccc1Br. The molecule has 1 aromatic carbocycles. The second-order valence-corrected chi connectivity index (χ2v) is 5.58. The van der Waals surface area contributed by atoms with E-state index in [-0.39, 0.29) is 0 Å². The van der Waals surface area contributed by atoms with Crippen molar-refractivity contribution in [3.05, 3.63) is 50.4 Å². The summed E-state index contributed by atoms with van der Waals surface area (Å²) < 4.78 is 18.9. The average Bonchev–Trinajstić information content (AvgIpc) is 2.81. The predicted octanol–water partition coefficient (Wildman–Crippen LogP) is 4.05. The third-order valence-electron chi connectivity index (χ3n) is 2.52. The molecule has 0 fully saturated rings. The van der Waals surface area contributed by atoms with Gasteiger partial charge in [0, 0.05) is 9.35 Å². The number of anilines is 1. The number of halogens is 2. The van der Waals surface area contributed by atoms with E-state index in [4.69, 9.17) is 0 Å². The molecule has 100 valence electrons. The molecular formula is C13H11BrFNO2S. The van der Waals surface area contributed by atoms with Crippen molar-refractivity contribution in [2.24, 2.45) is 0 Å². The zero-order valence-corrected chi connectivity index (χ0v) is 12.5. The molecule has 1 heterocycles. The van der Waals surface area contributed by atoms with Crippen LogP contribution in [0.1, 0.15) is 15.2 Å². The Morgan fingerprint density at radius 2 is 2.26 bits per heavy atom. The molecule has 0 atom stereocenters. The van der Waals surface area contributed by atoms with Crippen LogP contribution in [0.25, 0.3) is 0 Å². The Kier molecular flexibility index (Phi) is 4.55. The van der Waals surface area contributed by atoms with Crippen LogP contribution in [0.4, 0.5) is 10.1 Å². The first-order valence-corrected chi connectivity index (χ1v) is 7.12. The zero-order valence-electron chi connectivity index (χ0n) is 10.1. The number of hydrogen-bond donors (Lipinski definition) is 1. The van der Waals surface area contributed by atoms with Crippen molar-refractivity contribution in [3.8, 4) is 0 Å². The van der Waals surface area contributed by atoms with Crippen molar-refractivity contribution < 1.29 is 13.9 Å². The molecule has 1 N–H and O–H groups in total. The summed E-state index contributed by atoms with van der Waals surface area (Å²) in [5.41, 5.74) is 0.740. The van der Waals surface area contributed by atoms with Gasteiger partial charge >= 0.3 is 5.97 Å². The molecule has 0 amide bonds. The van der Waals surface area contributed by atoms with Gasteiger partial charge in [-0.1, -0.05) is 0 Å². The van der Waals surface area contributed by atoms with Crippen LogP contribution in [0, 0.1) is 5.82 Å². The van der Waals surface area contributed by atoms with E-state index in [0.717, 1.165) is 9.35 Å². The highest BCUT2D eigenvalue weighted by atomic mass is 79.9. The Hall–Kier alpha value is -1.40. The fraction of sp³-hybridized carbons (Fsp3) is 0.154.